The van der Waals surface area contributed by atoms with E-state index in [-0.39, 0.29) is 11.7 Å². The summed E-state index contributed by atoms with van der Waals surface area (Å²) in [6.45, 7) is 4.88. The number of aromatic amines is 1. The number of rotatable bonds is 4. The lowest BCUT2D eigenvalue weighted by atomic mass is 10.1. The van der Waals surface area contributed by atoms with Crippen LogP contribution in [0.25, 0.3) is 11.3 Å². The number of nitrogens with one attached hydrogen (secondary N) is 1. The van der Waals surface area contributed by atoms with Crippen molar-refractivity contribution in [3.63, 3.8) is 0 Å². The van der Waals surface area contributed by atoms with Gasteiger partial charge in [0, 0.05) is 37.8 Å². The molecule has 2 aromatic carbocycles. The molecule has 6 heteroatoms. The van der Waals surface area contributed by atoms with Gasteiger partial charge in [0.05, 0.1) is 5.69 Å². The smallest absolute Gasteiger partial charge is 0.253 e. The lowest BCUT2D eigenvalue weighted by Crippen LogP contribution is -2.48. The lowest BCUT2D eigenvalue weighted by molar-refractivity contribution is 0.0746. The molecule has 0 saturated carbocycles. The van der Waals surface area contributed by atoms with Crippen LogP contribution >= 0.6 is 0 Å². The highest BCUT2D eigenvalue weighted by molar-refractivity contribution is 5.94. The third-order valence-electron chi connectivity index (χ3n) is 5.22. The van der Waals surface area contributed by atoms with E-state index < -0.39 is 0 Å². The van der Waals surface area contributed by atoms with Gasteiger partial charge in [-0.2, -0.15) is 5.10 Å². The van der Waals surface area contributed by atoms with Crippen molar-refractivity contribution in [2.24, 2.45) is 0 Å². The first kappa shape index (κ1) is 18.2. The number of benzene rings is 2. The Hall–Kier alpha value is -3.15. The topological polar surface area (TPSA) is 52.2 Å². The molecule has 5 nitrogen and oxygen atoms in total. The first-order valence-electron chi connectivity index (χ1n) is 9.58. The molecule has 1 N–H and O–H groups in total. The van der Waals surface area contributed by atoms with E-state index >= 15 is 0 Å². The zero-order chi connectivity index (χ0) is 19.5. The Kier molecular flexibility index (Phi) is 5.10. The molecule has 0 bridgehead atoms. The number of anilines is 1. The van der Waals surface area contributed by atoms with Crippen LogP contribution in [-0.2, 0) is 6.42 Å². The number of hydrogen-bond acceptors (Lipinski definition) is 3. The van der Waals surface area contributed by atoms with Crippen molar-refractivity contribution in [3.05, 3.63) is 71.5 Å². The summed E-state index contributed by atoms with van der Waals surface area (Å²) in [5, 5.41) is 7.40. The van der Waals surface area contributed by atoms with Crippen molar-refractivity contribution >= 4 is 11.7 Å². The molecule has 1 aromatic heterocycles. The third kappa shape index (κ3) is 3.76. The second-order valence-electron chi connectivity index (χ2n) is 6.98. The number of piperazine rings is 1. The summed E-state index contributed by atoms with van der Waals surface area (Å²) >= 11 is 0. The minimum absolute atomic E-state index is 0.0799. The van der Waals surface area contributed by atoms with Crippen molar-refractivity contribution in [2.75, 3.05) is 31.1 Å². The summed E-state index contributed by atoms with van der Waals surface area (Å²) in [6, 6.07) is 16.2. The number of H-pyrrole nitrogens is 1. The number of aryl methyl sites for hydroxylation is 1. The SMILES string of the molecule is CCc1ccc(C(=O)N2CCN(c3cc(-c4ccc(F)cc4)[nH]n3)CC2)cc1. The number of carbonyl (C=O) groups is 1. The molecule has 3 aromatic rings. The monoisotopic (exact) mass is 378 g/mol. The van der Waals surface area contributed by atoms with E-state index in [1.807, 2.05) is 35.2 Å². The van der Waals surface area contributed by atoms with Gasteiger partial charge in [-0.25, -0.2) is 4.39 Å². The first-order chi connectivity index (χ1) is 13.6. The number of carbonyl (C=O) groups excluding carboxylic acids is 1. The summed E-state index contributed by atoms with van der Waals surface area (Å²) in [5.41, 5.74) is 3.72. The van der Waals surface area contributed by atoms with Gasteiger partial charge in [-0.1, -0.05) is 19.1 Å². The molecule has 0 unspecified atom stereocenters. The minimum Gasteiger partial charge on any atom is -0.352 e. The van der Waals surface area contributed by atoms with Gasteiger partial charge in [0.15, 0.2) is 5.82 Å². The van der Waals surface area contributed by atoms with Gasteiger partial charge >= 0.3 is 0 Å². The predicted molar refractivity (Wildman–Crippen MR) is 108 cm³/mol. The zero-order valence-electron chi connectivity index (χ0n) is 15.9. The molecule has 1 aliphatic heterocycles. The molecular weight excluding hydrogens is 355 g/mol. The summed E-state index contributed by atoms with van der Waals surface area (Å²) in [5.74, 6) is 0.670. The molecular formula is C22H23FN4O. The van der Waals surface area contributed by atoms with E-state index in [2.05, 4.69) is 22.0 Å². The molecule has 1 aliphatic rings. The van der Waals surface area contributed by atoms with Gasteiger partial charge < -0.3 is 9.80 Å². The standard InChI is InChI=1S/C22H23FN4O/c1-2-16-3-5-18(6-4-16)22(28)27-13-11-26(12-14-27)21-15-20(24-25-21)17-7-9-19(23)10-8-17/h3-10,15H,2,11-14H2,1H3,(H,24,25). The van der Waals surface area contributed by atoms with Crippen molar-refractivity contribution in [1.82, 2.24) is 15.1 Å². The maximum atomic E-state index is 13.1. The second kappa shape index (κ2) is 7.84. The van der Waals surface area contributed by atoms with Crippen molar-refractivity contribution in [1.29, 1.82) is 0 Å². The van der Waals surface area contributed by atoms with Crippen LogP contribution in [0, 0.1) is 5.82 Å². The molecule has 144 valence electrons. The molecule has 0 radical (unpaired) electrons. The summed E-state index contributed by atoms with van der Waals surface area (Å²) in [7, 11) is 0. The number of aromatic nitrogens is 2. The van der Waals surface area contributed by atoms with Gasteiger partial charge in [0.25, 0.3) is 5.91 Å². The third-order valence-corrected chi connectivity index (χ3v) is 5.22. The van der Waals surface area contributed by atoms with Crippen LogP contribution in [0.3, 0.4) is 0 Å². The quantitative estimate of drug-likeness (QED) is 0.752. The van der Waals surface area contributed by atoms with E-state index in [0.29, 0.717) is 13.1 Å². The summed E-state index contributed by atoms with van der Waals surface area (Å²) in [6.07, 6.45) is 0.969. The number of amides is 1. The molecule has 4 rings (SSSR count). The van der Waals surface area contributed by atoms with Crippen molar-refractivity contribution in [2.45, 2.75) is 13.3 Å². The van der Waals surface area contributed by atoms with Crippen LogP contribution in [0.2, 0.25) is 0 Å². The van der Waals surface area contributed by atoms with Crippen LogP contribution in [0.5, 0.6) is 0 Å². The maximum Gasteiger partial charge on any atom is 0.253 e. The van der Waals surface area contributed by atoms with Gasteiger partial charge in [-0.3, -0.25) is 9.89 Å². The normalized spacial score (nSPS) is 14.4. The van der Waals surface area contributed by atoms with Gasteiger partial charge in [-0.15, -0.1) is 0 Å². The number of hydrogen-bond donors (Lipinski definition) is 1. The Morgan fingerprint density at radius 3 is 2.36 bits per heavy atom. The molecule has 0 aliphatic carbocycles. The predicted octanol–water partition coefficient (Wildman–Crippen LogP) is 3.74. The van der Waals surface area contributed by atoms with E-state index in [9.17, 15) is 9.18 Å². The van der Waals surface area contributed by atoms with E-state index in [1.165, 1.54) is 17.7 Å². The minimum atomic E-state index is -0.256. The molecule has 1 fully saturated rings. The average molecular weight is 378 g/mol. The molecule has 1 saturated heterocycles. The fraction of sp³-hybridized carbons (Fsp3) is 0.273. The number of halogens is 1. The molecule has 1 amide bonds. The Balaban J connectivity index is 1.38. The molecule has 0 atom stereocenters. The number of nitrogens with zero attached hydrogens (tertiary/aromatic N) is 3. The maximum absolute atomic E-state index is 13.1. The first-order valence-corrected chi connectivity index (χ1v) is 9.58. The fourth-order valence-electron chi connectivity index (χ4n) is 3.45. The zero-order valence-corrected chi connectivity index (χ0v) is 15.9. The highest BCUT2D eigenvalue weighted by Crippen LogP contribution is 2.23. The molecule has 2 heterocycles. The lowest BCUT2D eigenvalue weighted by Gasteiger charge is -2.34. The van der Waals surface area contributed by atoms with Gasteiger partial charge in [0.1, 0.15) is 5.82 Å². The Bertz CT molecular complexity index is 941. The summed E-state index contributed by atoms with van der Waals surface area (Å²) < 4.78 is 13.1. The second-order valence-corrected chi connectivity index (χ2v) is 6.98. The van der Waals surface area contributed by atoms with Gasteiger partial charge in [-0.05, 0) is 53.9 Å². The van der Waals surface area contributed by atoms with Crippen LogP contribution in [0.15, 0.2) is 54.6 Å². The average Bonchev–Trinajstić information content (AvgIpc) is 3.24. The van der Waals surface area contributed by atoms with E-state index in [1.54, 1.807) is 12.1 Å². The van der Waals surface area contributed by atoms with Crippen LogP contribution < -0.4 is 4.90 Å². The van der Waals surface area contributed by atoms with Crippen LogP contribution in [-0.4, -0.2) is 47.2 Å². The molecule has 0 spiro atoms. The Morgan fingerprint density at radius 2 is 1.71 bits per heavy atom. The van der Waals surface area contributed by atoms with Crippen molar-refractivity contribution < 1.29 is 9.18 Å². The van der Waals surface area contributed by atoms with Crippen LogP contribution in [0.1, 0.15) is 22.8 Å². The highest BCUT2D eigenvalue weighted by atomic mass is 19.1. The van der Waals surface area contributed by atoms with Crippen LogP contribution in [0.4, 0.5) is 10.2 Å². The van der Waals surface area contributed by atoms with E-state index in [0.717, 1.165) is 42.1 Å². The Labute approximate surface area is 163 Å². The highest BCUT2D eigenvalue weighted by Gasteiger charge is 2.23. The van der Waals surface area contributed by atoms with Crippen molar-refractivity contribution in [3.8, 4) is 11.3 Å². The summed E-state index contributed by atoms with van der Waals surface area (Å²) in [4.78, 5) is 16.8. The molecule has 28 heavy (non-hydrogen) atoms. The Morgan fingerprint density at radius 1 is 1.04 bits per heavy atom. The fourth-order valence-corrected chi connectivity index (χ4v) is 3.45. The van der Waals surface area contributed by atoms with Gasteiger partial charge in [0.2, 0.25) is 0 Å². The largest absolute Gasteiger partial charge is 0.352 e. The van der Waals surface area contributed by atoms with E-state index in [4.69, 9.17) is 0 Å².